The van der Waals surface area contributed by atoms with E-state index < -0.39 is 11.7 Å². The molecule has 5 nitrogen and oxygen atoms in total. The molecule has 0 unspecified atom stereocenters. The number of amides is 1. The van der Waals surface area contributed by atoms with Gasteiger partial charge in [0, 0.05) is 55.4 Å². The highest BCUT2D eigenvalue weighted by molar-refractivity contribution is 5.93. The Balaban J connectivity index is 1.66. The number of carbonyl (C=O) groups is 1. The molecule has 29 heavy (non-hydrogen) atoms. The van der Waals surface area contributed by atoms with Gasteiger partial charge in [-0.25, -0.2) is 4.39 Å². The monoisotopic (exact) mass is 390 g/mol. The van der Waals surface area contributed by atoms with Crippen LogP contribution in [-0.2, 0) is 0 Å². The topological polar surface area (TPSA) is 71.2 Å². The second-order valence-electron chi connectivity index (χ2n) is 7.20. The SMILES string of the molecule is Cc1c(-c2ccc(N3CCNCC3)cc2)cncc1-c1ccc(C(N)=O)c(F)c1. The van der Waals surface area contributed by atoms with E-state index >= 15 is 0 Å². The Bertz CT molecular complexity index is 1040. The van der Waals surface area contributed by atoms with E-state index in [1.54, 1.807) is 12.3 Å². The van der Waals surface area contributed by atoms with Gasteiger partial charge in [-0.05, 0) is 47.9 Å². The van der Waals surface area contributed by atoms with E-state index in [9.17, 15) is 9.18 Å². The third kappa shape index (κ3) is 3.84. The van der Waals surface area contributed by atoms with Crippen LogP contribution in [0.25, 0.3) is 22.3 Å². The van der Waals surface area contributed by atoms with Gasteiger partial charge in [0.2, 0.25) is 0 Å². The molecule has 4 rings (SSSR count). The summed E-state index contributed by atoms with van der Waals surface area (Å²) in [5.41, 5.74) is 10.8. The molecule has 1 amide bonds. The van der Waals surface area contributed by atoms with Crippen LogP contribution in [0.2, 0.25) is 0 Å². The van der Waals surface area contributed by atoms with Crippen molar-refractivity contribution in [3.63, 3.8) is 0 Å². The van der Waals surface area contributed by atoms with E-state index in [-0.39, 0.29) is 5.56 Å². The van der Waals surface area contributed by atoms with Gasteiger partial charge in [0.1, 0.15) is 5.82 Å². The van der Waals surface area contributed by atoms with Crippen molar-refractivity contribution in [1.82, 2.24) is 10.3 Å². The molecule has 1 saturated heterocycles. The molecule has 6 heteroatoms. The van der Waals surface area contributed by atoms with Gasteiger partial charge in [0.25, 0.3) is 5.91 Å². The Hall–Kier alpha value is -3.25. The number of nitrogens with two attached hydrogens (primary N) is 1. The highest BCUT2D eigenvalue weighted by Gasteiger charge is 2.14. The molecule has 0 saturated carbocycles. The third-order valence-corrected chi connectivity index (χ3v) is 5.42. The van der Waals surface area contributed by atoms with E-state index in [0.29, 0.717) is 5.56 Å². The van der Waals surface area contributed by atoms with E-state index in [1.807, 2.05) is 13.1 Å². The fraction of sp³-hybridized carbons (Fsp3) is 0.217. The summed E-state index contributed by atoms with van der Waals surface area (Å²) in [5.74, 6) is -1.40. The average molecular weight is 390 g/mol. The maximum Gasteiger partial charge on any atom is 0.251 e. The zero-order valence-corrected chi connectivity index (χ0v) is 16.3. The molecule has 0 atom stereocenters. The summed E-state index contributed by atoms with van der Waals surface area (Å²) in [6.07, 6.45) is 3.54. The quantitative estimate of drug-likeness (QED) is 0.717. The number of hydrogen-bond acceptors (Lipinski definition) is 4. The van der Waals surface area contributed by atoms with Crippen LogP contribution in [0.5, 0.6) is 0 Å². The second kappa shape index (κ2) is 8.01. The Morgan fingerprint density at radius 2 is 1.66 bits per heavy atom. The number of carbonyl (C=O) groups excluding carboxylic acids is 1. The van der Waals surface area contributed by atoms with Gasteiger partial charge in [-0.2, -0.15) is 0 Å². The number of piperazine rings is 1. The molecule has 1 aliphatic rings. The smallest absolute Gasteiger partial charge is 0.251 e. The maximum atomic E-state index is 14.2. The van der Waals surface area contributed by atoms with Crippen LogP contribution in [0.3, 0.4) is 0 Å². The Kier molecular flexibility index (Phi) is 5.27. The van der Waals surface area contributed by atoms with Crippen molar-refractivity contribution >= 4 is 11.6 Å². The summed E-state index contributed by atoms with van der Waals surface area (Å²) in [6, 6.07) is 12.9. The molecule has 1 aromatic heterocycles. The maximum absolute atomic E-state index is 14.2. The van der Waals surface area contributed by atoms with E-state index in [2.05, 4.69) is 39.5 Å². The first kappa shape index (κ1) is 19.1. The van der Waals surface area contributed by atoms with Crippen molar-refractivity contribution in [2.45, 2.75) is 6.92 Å². The molecule has 0 spiro atoms. The molecular formula is C23H23FN4O. The molecule has 1 fully saturated rings. The number of rotatable bonds is 4. The highest BCUT2D eigenvalue weighted by Crippen LogP contribution is 2.32. The Morgan fingerprint density at radius 1 is 1.03 bits per heavy atom. The van der Waals surface area contributed by atoms with Crippen LogP contribution in [0.15, 0.2) is 54.9 Å². The number of nitrogens with one attached hydrogen (secondary N) is 1. The van der Waals surface area contributed by atoms with Crippen molar-refractivity contribution in [3.05, 3.63) is 71.8 Å². The highest BCUT2D eigenvalue weighted by atomic mass is 19.1. The molecule has 0 aliphatic carbocycles. The lowest BCUT2D eigenvalue weighted by molar-refractivity contribution is 0.0996. The number of benzene rings is 2. The lowest BCUT2D eigenvalue weighted by Gasteiger charge is -2.29. The molecule has 0 bridgehead atoms. The van der Waals surface area contributed by atoms with Gasteiger partial charge in [0.05, 0.1) is 5.56 Å². The van der Waals surface area contributed by atoms with Crippen LogP contribution in [0, 0.1) is 12.7 Å². The molecule has 2 aromatic carbocycles. The van der Waals surface area contributed by atoms with Crippen LogP contribution in [-0.4, -0.2) is 37.1 Å². The zero-order valence-electron chi connectivity index (χ0n) is 16.3. The molecule has 0 radical (unpaired) electrons. The van der Waals surface area contributed by atoms with Gasteiger partial charge in [-0.3, -0.25) is 9.78 Å². The first-order valence-electron chi connectivity index (χ1n) is 9.65. The largest absolute Gasteiger partial charge is 0.369 e. The van der Waals surface area contributed by atoms with Gasteiger partial charge in [-0.1, -0.05) is 18.2 Å². The standard InChI is InChI=1S/C23H23FN4O/c1-15-20(16-2-5-18(6-3-16)28-10-8-26-9-11-28)13-27-14-21(15)17-4-7-19(23(25)29)22(24)12-17/h2-7,12-14,26H,8-11H2,1H3,(H2,25,29). The van der Waals surface area contributed by atoms with Gasteiger partial charge < -0.3 is 16.0 Å². The second-order valence-corrected chi connectivity index (χ2v) is 7.20. The van der Waals surface area contributed by atoms with Gasteiger partial charge in [0.15, 0.2) is 0 Å². The van der Waals surface area contributed by atoms with Crippen LogP contribution in [0.4, 0.5) is 10.1 Å². The lowest BCUT2D eigenvalue weighted by Crippen LogP contribution is -2.43. The predicted octanol–water partition coefficient (Wildman–Crippen LogP) is 3.37. The van der Waals surface area contributed by atoms with E-state index in [1.165, 1.54) is 17.8 Å². The van der Waals surface area contributed by atoms with Gasteiger partial charge in [-0.15, -0.1) is 0 Å². The number of anilines is 1. The predicted molar refractivity (Wildman–Crippen MR) is 113 cm³/mol. The average Bonchev–Trinajstić information content (AvgIpc) is 2.74. The van der Waals surface area contributed by atoms with Crippen LogP contribution >= 0.6 is 0 Å². The molecular weight excluding hydrogens is 367 g/mol. The lowest BCUT2D eigenvalue weighted by atomic mass is 9.94. The summed E-state index contributed by atoms with van der Waals surface area (Å²) < 4.78 is 14.2. The molecule has 3 aromatic rings. The fourth-order valence-corrected chi connectivity index (χ4v) is 3.76. The Morgan fingerprint density at radius 3 is 2.28 bits per heavy atom. The van der Waals surface area contributed by atoms with Crippen molar-refractivity contribution < 1.29 is 9.18 Å². The number of halogens is 1. The number of primary amides is 1. The Labute approximate surface area is 169 Å². The first-order valence-corrected chi connectivity index (χ1v) is 9.65. The molecule has 1 aliphatic heterocycles. The first-order chi connectivity index (χ1) is 14.0. The third-order valence-electron chi connectivity index (χ3n) is 5.42. The van der Waals surface area contributed by atoms with Crippen molar-refractivity contribution in [2.75, 3.05) is 31.1 Å². The zero-order chi connectivity index (χ0) is 20.4. The summed E-state index contributed by atoms with van der Waals surface area (Å²) in [4.78, 5) is 18.0. The number of aromatic nitrogens is 1. The fourth-order valence-electron chi connectivity index (χ4n) is 3.76. The van der Waals surface area contributed by atoms with Crippen LogP contribution in [0.1, 0.15) is 15.9 Å². The minimum atomic E-state index is -0.776. The minimum Gasteiger partial charge on any atom is -0.369 e. The number of hydrogen-bond donors (Lipinski definition) is 2. The van der Waals surface area contributed by atoms with Gasteiger partial charge >= 0.3 is 0 Å². The normalized spacial score (nSPS) is 14.1. The summed E-state index contributed by atoms with van der Waals surface area (Å²) in [7, 11) is 0. The van der Waals surface area contributed by atoms with E-state index in [0.717, 1.165) is 48.4 Å². The summed E-state index contributed by atoms with van der Waals surface area (Å²) >= 11 is 0. The summed E-state index contributed by atoms with van der Waals surface area (Å²) in [5, 5.41) is 3.36. The number of pyridine rings is 1. The molecule has 148 valence electrons. The minimum absolute atomic E-state index is 0.112. The van der Waals surface area contributed by atoms with Crippen molar-refractivity contribution in [3.8, 4) is 22.3 Å². The van der Waals surface area contributed by atoms with Crippen LogP contribution < -0.4 is 16.0 Å². The van der Waals surface area contributed by atoms with Crippen molar-refractivity contribution in [1.29, 1.82) is 0 Å². The molecule has 3 N–H and O–H groups in total. The summed E-state index contributed by atoms with van der Waals surface area (Å²) in [6.45, 7) is 6.00. The molecule has 2 heterocycles. The number of nitrogens with zero attached hydrogens (tertiary/aromatic N) is 2. The van der Waals surface area contributed by atoms with Crippen molar-refractivity contribution in [2.24, 2.45) is 5.73 Å². The van der Waals surface area contributed by atoms with E-state index in [4.69, 9.17) is 5.73 Å².